The van der Waals surface area contributed by atoms with Gasteiger partial charge in [-0.1, -0.05) is 29.8 Å². The van der Waals surface area contributed by atoms with Crippen molar-refractivity contribution in [3.05, 3.63) is 59.4 Å². The average molecular weight is 254 g/mol. The van der Waals surface area contributed by atoms with Crippen LogP contribution < -0.4 is 5.32 Å². The standard InChI is InChI=1S/C16H18N2O/c1-12-3-5-14(6-4-12)7-8-16(19)18-15-9-10-17-13(2)11-15/h3-6,9-11H,7-8H2,1-2H3,(H,17,18,19). The summed E-state index contributed by atoms with van der Waals surface area (Å²) in [6, 6.07) is 11.9. The molecule has 1 N–H and O–H groups in total. The van der Waals surface area contributed by atoms with Crippen LogP contribution >= 0.6 is 0 Å². The molecule has 3 nitrogen and oxygen atoms in total. The number of nitrogens with one attached hydrogen (secondary N) is 1. The summed E-state index contributed by atoms with van der Waals surface area (Å²) in [6.07, 6.45) is 2.95. The summed E-state index contributed by atoms with van der Waals surface area (Å²) >= 11 is 0. The van der Waals surface area contributed by atoms with E-state index in [-0.39, 0.29) is 5.91 Å². The normalized spacial score (nSPS) is 10.2. The van der Waals surface area contributed by atoms with Crippen molar-refractivity contribution in [2.24, 2.45) is 0 Å². The van der Waals surface area contributed by atoms with Crippen molar-refractivity contribution in [2.45, 2.75) is 26.7 Å². The predicted molar refractivity (Wildman–Crippen MR) is 77.1 cm³/mol. The summed E-state index contributed by atoms with van der Waals surface area (Å²) in [7, 11) is 0. The van der Waals surface area contributed by atoms with Gasteiger partial charge >= 0.3 is 0 Å². The molecule has 2 aromatic rings. The first-order valence-corrected chi connectivity index (χ1v) is 6.41. The van der Waals surface area contributed by atoms with Crippen molar-refractivity contribution in [1.29, 1.82) is 0 Å². The summed E-state index contributed by atoms with van der Waals surface area (Å²) in [5.74, 6) is 0.0335. The third-order valence-electron chi connectivity index (χ3n) is 2.94. The Labute approximate surface area is 113 Å². The van der Waals surface area contributed by atoms with Crippen LogP contribution in [0.1, 0.15) is 23.2 Å². The largest absolute Gasteiger partial charge is 0.326 e. The van der Waals surface area contributed by atoms with Gasteiger partial charge in [-0.25, -0.2) is 0 Å². The zero-order valence-corrected chi connectivity index (χ0v) is 11.3. The number of pyridine rings is 1. The predicted octanol–water partition coefficient (Wildman–Crippen LogP) is 3.27. The molecule has 0 bridgehead atoms. The highest BCUT2D eigenvalue weighted by molar-refractivity contribution is 5.90. The highest BCUT2D eigenvalue weighted by atomic mass is 16.1. The van der Waals surface area contributed by atoms with Gasteiger partial charge in [0.05, 0.1) is 0 Å². The molecule has 0 saturated carbocycles. The van der Waals surface area contributed by atoms with Gasteiger partial charge in [-0.15, -0.1) is 0 Å². The lowest BCUT2D eigenvalue weighted by Crippen LogP contribution is -2.12. The summed E-state index contributed by atoms with van der Waals surface area (Å²) in [4.78, 5) is 15.9. The molecular formula is C16H18N2O. The number of amides is 1. The number of benzene rings is 1. The van der Waals surface area contributed by atoms with Crippen molar-refractivity contribution in [3.8, 4) is 0 Å². The van der Waals surface area contributed by atoms with Gasteiger partial charge in [0.25, 0.3) is 0 Å². The van der Waals surface area contributed by atoms with Crippen molar-refractivity contribution in [3.63, 3.8) is 0 Å². The monoisotopic (exact) mass is 254 g/mol. The molecule has 3 heteroatoms. The molecule has 1 heterocycles. The summed E-state index contributed by atoms with van der Waals surface area (Å²) in [6.45, 7) is 3.96. The minimum Gasteiger partial charge on any atom is -0.326 e. The van der Waals surface area contributed by atoms with Gasteiger partial charge in [0.1, 0.15) is 0 Å². The molecule has 0 fully saturated rings. The quantitative estimate of drug-likeness (QED) is 0.909. The highest BCUT2D eigenvalue weighted by Gasteiger charge is 2.03. The molecule has 0 spiro atoms. The molecule has 1 aromatic carbocycles. The Morgan fingerprint density at radius 1 is 1.16 bits per heavy atom. The van der Waals surface area contributed by atoms with E-state index in [1.807, 2.05) is 13.0 Å². The maximum Gasteiger partial charge on any atom is 0.224 e. The van der Waals surface area contributed by atoms with Crippen LogP contribution in [0.2, 0.25) is 0 Å². The highest BCUT2D eigenvalue weighted by Crippen LogP contribution is 2.09. The van der Waals surface area contributed by atoms with Crippen LogP contribution in [-0.2, 0) is 11.2 Å². The Bertz CT molecular complexity index is 561. The maximum atomic E-state index is 11.8. The minimum absolute atomic E-state index is 0.0335. The molecule has 2 rings (SSSR count). The van der Waals surface area contributed by atoms with Gasteiger partial charge in [0, 0.05) is 24.0 Å². The summed E-state index contributed by atoms with van der Waals surface area (Å²) in [5.41, 5.74) is 4.13. The Balaban J connectivity index is 1.86. The van der Waals surface area contributed by atoms with Crippen molar-refractivity contribution in [2.75, 3.05) is 5.32 Å². The molecule has 0 aliphatic rings. The van der Waals surface area contributed by atoms with E-state index >= 15 is 0 Å². The number of aromatic nitrogens is 1. The third-order valence-corrected chi connectivity index (χ3v) is 2.94. The topological polar surface area (TPSA) is 42.0 Å². The molecule has 0 aliphatic carbocycles. The fraction of sp³-hybridized carbons (Fsp3) is 0.250. The fourth-order valence-corrected chi connectivity index (χ4v) is 1.86. The number of hydrogen-bond donors (Lipinski definition) is 1. The molecule has 19 heavy (non-hydrogen) atoms. The van der Waals surface area contributed by atoms with Crippen LogP contribution in [0.4, 0.5) is 5.69 Å². The van der Waals surface area contributed by atoms with E-state index in [1.54, 1.807) is 12.3 Å². The first-order chi connectivity index (χ1) is 9.13. The van der Waals surface area contributed by atoms with Gasteiger partial charge in [-0.05, 0) is 38.0 Å². The van der Waals surface area contributed by atoms with Gasteiger partial charge in [0.15, 0.2) is 0 Å². The average Bonchev–Trinajstić information content (AvgIpc) is 2.38. The second kappa shape index (κ2) is 6.14. The number of nitrogens with zero attached hydrogens (tertiary/aromatic N) is 1. The molecule has 0 aliphatic heterocycles. The molecule has 98 valence electrons. The van der Waals surface area contributed by atoms with E-state index in [9.17, 15) is 4.79 Å². The van der Waals surface area contributed by atoms with E-state index in [0.717, 1.165) is 17.8 Å². The summed E-state index contributed by atoms with van der Waals surface area (Å²) < 4.78 is 0. The molecular weight excluding hydrogens is 236 g/mol. The fourth-order valence-electron chi connectivity index (χ4n) is 1.86. The number of anilines is 1. The second-order valence-corrected chi connectivity index (χ2v) is 4.72. The van der Waals surface area contributed by atoms with Crippen LogP contribution in [0.3, 0.4) is 0 Å². The van der Waals surface area contributed by atoms with Crippen molar-refractivity contribution < 1.29 is 4.79 Å². The van der Waals surface area contributed by atoms with Crippen LogP contribution in [0.5, 0.6) is 0 Å². The zero-order chi connectivity index (χ0) is 13.7. The minimum atomic E-state index is 0.0335. The van der Waals surface area contributed by atoms with Crippen LogP contribution in [-0.4, -0.2) is 10.9 Å². The molecule has 0 saturated heterocycles. The van der Waals surface area contributed by atoms with Gasteiger partial charge < -0.3 is 5.32 Å². The van der Waals surface area contributed by atoms with Crippen LogP contribution in [0, 0.1) is 13.8 Å². The van der Waals surface area contributed by atoms with E-state index in [0.29, 0.717) is 6.42 Å². The first-order valence-electron chi connectivity index (χ1n) is 6.41. The molecule has 0 atom stereocenters. The molecule has 1 aromatic heterocycles. The number of hydrogen-bond acceptors (Lipinski definition) is 2. The third kappa shape index (κ3) is 4.21. The second-order valence-electron chi connectivity index (χ2n) is 4.72. The first kappa shape index (κ1) is 13.3. The lowest BCUT2D eigenvalue weighted by Gasteiger charge is -2.06. The van der Waals surface area contributed by atoms with E-state index < -0.39 is 0 Å². The van der Waals surface area contributed by atoms with E-state index in [4.69, 9.17) is 0 Å². The van der Waals surface area contributed by atoms with Gasteiger partial charge in [-0.2, -0.15) is 0 Å². The number of aryl methyl sites for hydroxylation is 3. The van der Waals surface area contributed by atoms with Crippen LogP contribution in [0.15, 0.2) is 42.6 Å². The Hall–Kier alpha value is -2.16. The van der Waals surface area contributed by atoms with Crippen molar-refractivity contribution in [1.82, 2.24) is 4.98 Å². The van der Waals surface area contributed by atoms with Crippen LogP contribution in [0.25, 0.3) is 0 Å². The number of rotatable bonds is 4. The SMILES string of the molecule is Cc1ccc(CCC(=O)Nc2ccnc(C)c2)cc1. The number of carbonyl (C=O) groups excluding carboxylic acids is 1. The van der Waals surface area contributed by atoms with E-state index in [1.165, 1.54) is 11.1 Å². The molecule has 0 unspecified atom stereocenters. The lowest BCUT2D eigenvalue weighted by molar-refractivity contribution is -0.116. The molecule has 0 radical (unpaired) electrons. The maximum absolute atomic E-state index is 11.8. The molecule has 1 amide bonds. The lowest BCUT2D eigenvalue weighted by atomic mass is 10.1. The van der Waals surface area contributed by atoms with Gasteiger partial charge in [-0.3, -0.25) is 9.78 Å². The smallest absolute Gasteiger partial charge is 0.224 e. The van der Waals surface area contributed by atoms with Gasteiger partial charge in [0.2, 0.25) is 5.91 Å². The number of carbonyl (C=O) groups is 1. The zero-order valence-electron chi connectivity index (χ0n) is 11.3. The Kier molecular flexibility index (Phi) is 4.29. The van der Waals surface area contributed by atoms with Crippen molar-refractivity contribution >= 4 is 11.6 Å². The van der Waals surface area contributed by atoms with E-state index in [2.05, 4.69) is 41.5 Å². The summed E-state index contributed by atoms with van der Waals surface area (Å²) in [5, 5.41) is 2.89. The Morgan fingerprint density at radius 2 is 1.89 bits per heavy atom. The Morgan fingerprint density at radius 3 is 2.58 bits per heavy atom.